The lowest BCUT2D eigenvalue weighted by molar-refractivity contribution is 0.101. The zero-order valence-electron chi connectivity index (χ0n) is 11.3. The molecule has 0 unspecified atom stereocenters. The van der Waals surface area contributed by atoms with Crippen molar-refractivity contribution >= 4 is 17.5 Å². The fraction of sp³-hybridized carbons (Fsp3) is 0.333. The highest BCUT2D eigenvalue weighted by Crippen LogP contribution is 2.17. The van der Waals surface area contributed by atoms with Gasteiger partial charge in [-0.25, -0.2) is 4.79 Å². The van der Waals surface area contributed by atoms with Crippen LogP contribution in [0.1, 0.15) is 23.7 Å². The van der Waals surface area contributed by atoms with Crippen LogP contribution in [0.25, 0.3) is 0 Å². The highest BCUT2D eigenvalue weighted by Gasteiger charge is 2.19. The number of benzene rings is 1. The quantitative estimate of drug-likeness (QED) is 0.580. The van der Waals surface area contributed by atoms with Gasteiger partial charge in [0.05, 0.1) is 0 Å². The van der Waals surface area contributed by atoms with Crippen LogP contribution in [0.3, 0.4) is 0 Å². The molecule has 106 valence electrons. The van der Waals surface area contributed by atoms with E-state index in [0.29, 0.717) is 17.7 Å². The van der Waals surface area contributed by atoms with Crippen LogP contribution >= 0.6 is 0 Å². The molecule has 2 rings (SSSR count). The number of nitrogens with one attached hydrogen (secondary N) is 2. The second-order valence-corrected chi connectivity index (χ2v) is 4.91. The van der Waals surface area contributed by atoms with Crippen molar-refractivity contribution in [3.05, 3.63) is 42.0 Å². The molecule has 0 bridgehead atoms. The van der Waals surface area contributed by atoms with Gasteiger partial charge in [0.25, 0.3) is 0 Å². The normalized spacial score (nSPS) is 20.7. The number of ketones is 1. The van der Waals surface area contributed by atoms with E-state index in [-0.39, 0.29) is 30.4 Å². The Morgan fingerprint density at radius 2 is 2.15 bits per heavy atom. The second kappa shape index (κ2) is 6.34. The second-order valence-electron chi connectivity index (χ2n) is 4.91. The number of aliphatic hydroxyl groups is 1. The van der Waals surface area contributed by atoms with Crippen molar-refractivity contribution < 1.29 is 14.7 Å². The number of urea groups is 1. The zero-order chi connectivity index (χ0) is 14.5. The third kappa shape index (κ3) is 3.68. The summed E-state index contributed by atoms with van der Waals surface area (Å²) in [4.78, 5) is 23.1. The van der Waals surface area contributed by atoms with Crippen molar-refractivity contribution in [3.63, 3.8) is 0 Å². The summed E-state index contributed by atoms with van der Waals surface area (Å²) in [6.07, 6.45) is 4.49. The Kier molecular flexibility index (Phi) is 4.53. The fourth-order valence-corrected chi connectivity index (χ4v) is 2.17. The van der Waals surface area contributed by atoms with Gasteiger partial charge in [0.1, 0.15) is 0 Å². The molecule has 5 heteroatoms. The molecule has 1 aliphatic rings. The molecule has 0 aromatic heterocycles. The SMILES string of the molecule is CC(=O)c1cccc(NC(=O)N[C@@H]2C=C[C@H](CO)C2)c1. The van der Waals surface area contributed by atoms with E-state index >= 15 is 0 Å². The van der Waals surface area contributed by atoms with E-state index in [1.807, 2.05) is 12.2 Å². The average Bonchev–Trinajstić information content (AvgIpc) is 2.86. The maximum Gasteiger partial charge on any atom is 0.319 e. The van der Waals surface area contributed by atoms with Gasteiger partial charge >= 0.3 is 6.03 Å². The number of rotatable bonds is 4. The maximum absolute atomic E-state index is 11.8. The smallest absolute Gasteiger partial charge is 0.319 e. The van der Waals surface area contributed by atoms with Gasteiger partial charge in [-0.1, -0.05) is 24.3 Å². The fourth-order valence-electron chi connectivity index (χ4n) is 2.17. The molecule has 0 saturated carbocycles. The van der Waals surface area contributed by atoms with Crippen LogP contribution in [-0.2, 0) is 0 Å². The summed E-state index contributed by atoms with van der Waals surface area (Å²) < 4.78 is 0. The minimum atomic E-state index is -0.320. The van der Waals surface area contributed by atoms with Crippen molar-refractivity contribution in [2.45, 2.75) is 19.4 Å². The first kappa shape index (κ1) is 14.3. The minimum absolute atomic E-state index is 0.0430. The lowest BCUT2D eigenvalue weighted by Gasteiger charge is -2.13. The summed E-state index contributed by atoms with van der Waals surface area (Å²) in [5.41, 5.74) is 1.14. The third-order valence-electron chi connectivity index (χ3n) is 3.25. The minimum Gasteiger partial charge on any atom is -0.396 e. The molecule has 1 aliphatic carbocycles. The summed E-state index contributed by atoms with van der Waals surface area (Å²) in [5, 5.41) is 14.5. The number of hydrogen-bond acceptors (Lipinski definition) is 3. The number of Topliss-reactive ketones (excluding diaryl/α,β-unsaturated/α-hetero) is 1. The molecule has 1 aromatic rings. The van der Waals surface area contributed by atoms with Crippen molar-refractivity contribution in [1.82, 2.24) is 5.32 Å². The molecule has 2 atom stereocenters. The highest BCUT2D eigenvalue weighted by atomic mass is 16.3. The van der Waals surface area contributed by atoms with E-state index in [1.165, 1.54) is 6.92 Å². The van der Waals surface area contributed by atoms with Crippen molar-refractivity contribution in [3.8, 4) is 0 Å². The Labute approximate surface area is 117 Å². The van der Waals surface area contributed by atoms with Gasteiger partial charge in [0.15, 0.2) is 5.78 Å². The van der Waals surface area contributed by atoms with Gasteiger partial charge in [0.2, 0.25) is 0 Å². The molecule has 2 amide bonds. The molecule has 0 fully saturated rings. The molecular weight excluding hydrogens is 256 g/mol. The Hall–Kier alpha value is -2.14. The first-order chi connectivity index (χ1) is 9.58. The summed E-state index contributed by atoms with van der Waals surface area (Å²) in [5.74, 6) is 0.0694. The largest absolute Gasteiger partial charge is 0.396 e. The van der Waals surface area contributed by atoms with Gasteiger partial charge in [-0.15, -0.1) is 0 Å². The third-order valence-corrected chi connectivity index (χ3v) is 3.25. The van der Waals surface area contributed by atoms with Crippen LogP contribution in [0, 0.1) is 5.92 Å². The number of hydrogen-bond donors (Lipinski definition) is 3. The van der Waals surface area contributed by atoms with Crippen LogP contribution < -0.4 is 10.6 Å². The van der Waals surface area contributed by atoms with Gasteiger partial charge in [-0.05, 0) is 25.5 Å². The molecule has 0 aliphatic heterocycles. The predicted octanol–water partition coefficient (Wildman–Crippen LogP) is 1.95. The Bertz CT molecular complexity index is 540. The Balaban J connectivity index is 1.90. The predicted molar refractivity (Wildman–Crippen MR) is 76.7 cm³/mol. The summed E-state index contributed by atoms with van der Waals surface area (Å²) in [6.45, 7) is 1.58. The molecule has 5 nitrogen and oxygen atoms in total. The van der Waals surface area contributed by atoms with Crippen LogP contribution in [-0.4, -0.2) is 29.6 Å². The summed E-state index contributed by atoms with van der Waals surface area (Å²) >= 11 is 0. The number of anilines is 1. The molecule has 0 radical (unpaired) electrons. The number of carbonyl (C=O) groups is 2. The maximum atomic E-state index is 11.8. The lowest BCUT2D eigenvalue weighted by Crippen LogP contribution is -2.36. The van der Waals surface area contributed by atoms with Crippen molar-refractivity contribution in [2.24, 2.45) is 5.92 Å². The van der Waals surface area contributed by atoms with Crippen LogP contribution in [0.2, 0.25) is 0 Å². The Morgan fingerprint density at radius 1 is 1.35 bits per heavy atom. The topological polar surface area (TPSA) is 78.4 Å². The van der Waals surface area contributed by atoms with Crippen molar-refractivity contribution in [1.29, 1.82) is 0 Å². The molecule has 0 heterocycles. The zero-order valence-corrected chi connectivity index (χ0v) is 11.3. The van der Waals surface area contributed by atoms with Gasteiger partial charge in [0, 0.05) is 29.8 Å². The molecule has 0 saturated heterocycles. The molecule has 20 heavy (non-hydrogen) atoms. The van der Waals surface area contributed by atoms with E-state index in [0.717, 1.165) is 0 Å². The molecule has 1 aromatic carbocycles. The highest BCUT2D eigenvalue weighted by molar-refractivity contribution is 5.96. The van der Waals surface area contributed by atoms with Crippen LogP contribution in [0.15, 0.2) is 36.4 Å². The first-order valence-electron chi connectivity index (χ1n) is 6.56. The van der Waals surface area contributed by atoms with Gasteiger partial charge in [-0.3, -0.25) is 4.79 Å². The van der Waals surface area contributed by atoms with E-state index < -0.39 is 0 Å². The van der Waals surface area contributed by atoms with E-state index in [9.17, 15) is 9.59 Å². The lowest BCUT2D eigenvalue weighted by atomic mass is 10.1. The van der Waals surface area contributed by atoms with E-state index in [1.54, 1.807) is 24.3 Å². The average molecular weight is 274 g/mol. The molecule has 3 N–H and O–H groups in total. The Morgan fingerprint density at radius 3 is 2.80 bits per heavy atom. The molecule has 0 spiro atoms. The first-order valence-corrected chi connectivity index (χ1v) is 6.56. The van der Waals surface area contributed by atoms with Gasteiger partial charge < -0.3 is 15.7 Å². The monoisotopic (exact) mass is 274 g/mol. The van der Waals surface area contributed by atoms with Crippen LogP contribution in [0.5, 0.6) is 0 Å². The van der Waals surface area contributed by atoms with Gasteiger partial charge in [-0.2, -0.15) is 0 Å². The summed E-state index contributed by atoms with van der Waals surface area (Å²) in [6, 6.07) is 6.42. The van der Waals surface area contributed by atoms with E-state index in [4.69, 9.17) is 5.11 Å². The molecular formula is C15H18N2O3. The van der Waals surface area contributed by atoms with E-state index in [2.05, 4.69) is 10.6 Å². The van der Waals surface area contributed by atoms with Crippen LogP contribution in [0.4, 0.5) is 10.5 Å². The summed E-state index contributed by atoms with van der Waals surface area (Å²) in [7, 11) is 0. The standard InChI is InChI=1S/C15H18N2O3/c1-10(19)12-3-2-4-13(8-12)16-15(20)17-14-6-5-11(7-14)9-18/h2-6,8,11,14,18H,7,9H2,1H3,(H2,16,17,20)/t11-,14+/m0/s1. The number of carbonyl (C=O) groups excluding carboxylic acids is 2. The van der Waals surface area contributed by atoms with Crippen molar-refractivity contribution in [2.75, 3.05) is 11.9 Å². The number of aliphatic hydroxyl groups excluding tert-OH is 1. The number of amides is 2.